The fourth-order valence-electron chi connectivity index (χ4n) is 3.01. The summed E-state index contributed by atoms with van der Waals surface area (Å²) in [5, 5.41) is 4.81. The van der Waals surface area contributed by atoms with Crippen LogP contribution >= 0.6 is 22.9 Å². The zero-order valence-corrected chi connectivity index (χ0v) is 16.9. The summed E-state index contributed by atoms with van der Waals surface area (Å²) >= 11 is 7.72. The van der Waals surface area contributed by atoms with Gasteiger partial charge in [0.05, 0.1) is 10.7 Å². The second-order valence-corrected chi connectivity index (χ2v) is 8.71. The quantitative estimate of drug-likeness (QED) is 0.701. The normalized spacial score (nSPS) is 14.0. The first-order valence-electron chi connectivity index (χ1n) is 9.14. The molecule has 0 unspecified atom stereocenters. The topological polar surface area (TPSA) is 51.2 Å². The highest BCUT2D eigenvalue weighted by molar-refractivity contribution is 7.11. The molecule has 0 saturated carbocycles. The Morgan fingerprint density at radius 2 is 2.00 bits per heavy atom. The van der Waals surface area contributed by atoms with Crippen LogP contribution in [0.5, 0.6) is 5.75 Å². The van der Waals surface area contributed by atoms with Crippen LogP contribution in [0, 0.1) is 0 Å². The molecule has 1 heterocycles. The molecule has 140 valence electrons. The highest BCUT2D eigenvalue weighted by Gasteiger charge is 2.29. The summed E-state index contributed by atoms with van der Waals surface area (Å²) in [6.07, 6.45) is 6.65. The van der Waals surface area contributed by atoms with Gasteiger partial charge >= 0.3 is 0 Å². The van der Waals surface area contributed by atoms with Gasteiger partial charge in [-0.3, -0.25) is 4.79 Å². The molecular weight excluding hydrogens is 368 g/mol. The number of amides is 1. The van der Waals surface area contributed by atoms with Crippen LogP contribution in [-0.4, -0.2) is 23.0 Å². The molecule has 0 spiro atoms. The molecule has 1 aliphatic carbocycles. The van der Waals surface area contributed by atoms with E-state index in [-0.39, 0.29) is 5.91 Å². The summed E-state index contributed by atoms with van der Waals surface area (Å²) in [4.78, 5) is 18.6. The number of ether oxygens (including phenoxy) is 1. The number of halogens is 1. The first-order valence-corrected chi connectivity index (χ1v) is 10.3. The molecule has 1 aliphatic rings. The molecule has 26 heavy (non-hydrogen) atoms. The van der Waals surface area contributed by atoms with Crippen molar-refractivity contribution in [1.82, 2.24) is 10.3 Å². The number of benzene rings is 1. The van der Waals surface area contributed by atoms with Crippen molar-refractivity contribution in [2.45, 2.75) is 58.0 Å². The van der Waals surface area contributed by atoms with Gasteiger partial charge in [0.2, 0.25) is 0 Å². The van der Waals surface area contributed by atoms with Crippen LogP contribution in [-0.2, 0) is 24.1 Å². The molecule has 0 atom stereocenters. The highest BCUT2D eigenvalue weighted by atomic mass is 35.5. The lowest BCUT2D eigenvalue weighted by Gasteiger charge is -2.25. The van der Waals surface area contributed by atoms with Crippen LogP contribution in [0.2, 0.25) is 5.02 Å². The Balaban J connectivity index is 1.44. The van der Waals surface area contributed by atoms with Crippen molar-refractivity contribution in [3.8, 4) is 5.75 Å². The van der Waals surface area contributed by atoms with E-state index in [1.165, 1.54) is 34.8 Å². The maximum absolute atomic E-state index is 12.4. The van der Waals surface area contributed by atoms with Crippen LogP contribution in [0.25, 0.3) is 0 Å². The predicted octanol–water partition coefficient (Wildman–Crippen LogP) is 4.58. The van der Waals surface area contributed by atoms with Gasteiger partial charge in [0.15, 0.2) is 5.60 Å². The van der Waals surface area contributed by atoms with E-state index in [0.717, 1.165) is 19.3 Å². The van der Waals surface area contributed by atoms with Crippen LogP contribution in [0.15, 0.2) is 24.3 Å². The zero-order valence-electron chi connectivity index (χ0n) is 15.3. The minimum Gasteiger partial charge on any atom is -0.478 e. The molecule has 4 nitrogen and oxygen atoms in total. The van der Waals surface area contributed by atoms with Gasteiger partial charge in [0.1, 0.15) is 5.75 Å². The average molecular weight is 393 g/mol. The number of fused-ring (bicyclic) bond motifs is 1. The third kappa shape index (κ3) is 4.98. The molecule has 0 saturated heterocycles. The maximum atomic E-state index is 12.4. The van der Waals surface area contributed by atoms with E-state index >= 15 is 0 Å². The van der Waals surface area contributed by atoms with Crippen LogP contribution in [0.3, 0.4) is 0 Å². The van der Waals surface area contributed by atoms with E-state index in [2.05, 4.69) is 5.32 Å². The molecule has 1 aromatic heterocycles. The van der Waals surface area contributed by atoms with E-state index in [1.807, 2.05) is 11.3 Å². The zero-order chi connectivity index (χ0) is 18.6. The Kier molecular flexibility index (Phi) is 6.20. The lowest BCUT2D eigenvalue weighted by atomic mass is 10.0. The van der Waals surface area contributed by atoms with Gasteiger partial charge in [-0.1, -0.05) is 11.6 Å². The third-order valence-corrected chi connectivity index (χ3v) is 5.95. The van der Waals surface area contributed by atoms with Gasteiger partial charge in [-0.05, 0) is 70.2 Å². The minimum atomic E-state index is -0.936. The van der Waals surface area contributed by atoms with E-state index in [4.69, 9.17) is 21.3 Å². The fraction of sp³-hybridized carbons (Fsp3) is 0.500. The van der Waals surface area contributed by atoms with Gasteiger partial charge in [-0.2, -0.15) is 0 Å². The molecule has 3 rings (SSSR count). The summed E-state index contributed by atoms with van der Waals surface area (Å²) in [5.41, 5.74) is 0.367. The second kappa shape index (κ2) is 8.40. The molecular formula is C20H25ClN2O2S. The maximum Gasteiger partial charge on any atom is 0.263 e. The minimum absolute atomic E-state index is 0.120. The number of nitrogens with zero attached hydrogens (tertiary/aromatic N) is 1. The lowest BCUT2D eigenvalue weighted by Crippen LogP contribution is -2.46. The Hall–Kier alpha value is -1.59. The predicted molar refractivity (Wildman–Crippen MR) is 106 cm³/mol. The number of carbonyl (C=O) groups excluding carboxylic acids is 1. The van der Waals surface area contributed by atoms with Gasteiger partial charge < -0.3 is 10.1 Å². The number of carbonyl (C=O) groups is 1. The Morgan fingerprint density at radius 1 is 1.27 bits per heavy atom. The third-order valence-electron chi connectivity index (χ3n) is 4.48. The Bertz CT molecular complexity index is 732. The first-order chi connectivity index (χ1) is 12.4. The lowest BCUT2D eigenvalue weighted by molar-refractivity contribution is -0.134. The van der Waals surface area contributed by atoms with Crippen molar-refractivity contribution in [3.63, 3.8) is 0 Å². The van der Waals surface area contributed by atoms with Crippen LogP contribution in [0.1, 0.15) is 48.7 Å². The molecule has 1 N–H and O–H groups in total. The number of hydrogen-bond acceptors (Lipinski definition) is 4. The molecule has 1 aromatic carbocycles. The number of hydrogen-bond donors (Lipinski definition) is 1. The average Bonchev–Trinajstić information content (AvgIpc) is 3.03. The summed E-state index contributed by atoms with van der Waals surface area (Å²) in [6.45, 7) is 4.16. The number of thiazole rings is 1. The molecule has 0 radical (unpaired) electrons. The Labute approximate surface area is 163 Å². The van der Waals surface area contributed by atoms with Crippen molar-refractivity contribution in [2.75, 3.05) is 6.54 Å². The van der Waals surface area contributed by atoms with E-state index in [9.17, 15) is 4.79 Å². The van der Waals surface area contributed by atoms with Gasteiger partial charge in [-0.25, -0.2) is 4.98 Å². The SMILES string of the molecule is CC(C)(Oc1ccc(Cl)cc1)C(=O)NCCCc1nc2c(s1)CCCC2. The molecule has 1 amide bonds. The summed E-state index contributed by atoms with van der Waals surface area (Å²) in [6, 6.07) is 7.03. The van der Waals surface area contributed by atoms with Crippen LogP contribution in [0.4, 0.5) is 0 Å². The van der Waals surface area contributed by atoms with Gasteiger partial charge in [-0.15, -0.1) is 11.3 Å². The first kappa shape index (κ1) is 19.2. The van der Waals surface area contributed by atoms with E-state index in [0.29, 0.717) is 17.3 Å². The number of aryl methyl sites for hydroxylation is 3. The summed E-state index contributed by atoms with van der Waals surface area (Å²) < 4.78 is 5.81. The number of aromatic nitrogens is 1. The van der Waals surface area contributed by atoms with Crippen molar-refractivity contribution < 1.29 is 9.53 Å². The standard InChI is InChI=1S/C20H25ClN2O2S/c1-20(2,25-15-11-9-14(21)10-12-15)19(24)22-13-5-8-18-23-16-6-3-4-7-17(16)26-18/h9-12H,3-8,13H2,1-2H3,(H,22,24). The molecule has 0 bridgehead atoms. The van der Waals surface area contributed by atoms with Gasteiger partial charge in [0.25, 0.3) is 5.91 Å². The Morgan fingerprint density at radius 3 is 2.73 bits per heavy atom. The summed E-state index contributed by atoms with van der Waals surface area (Å²) in [5.74, 6) is 0.508. The molecule has 0 fully saturated rings. The number of rotatable bonds is 7. The van der Waals surface area contributed by atoms with Crippen molar-refractivity contribution in [2.24, 2.45) is 0 Å². The molecule has 6 heteroatoms. The fourth-order valence-corrected chi connectivity index (χ4v) is 4.33. The second-order valence-electron chi connectivity index (χ2n) is 7.11. The van der Waals surface area contributed by atoms with Crippen molar-refractivity contribution in [1.29, 1.82) is 0 Å². The monoisotopic (exact) mass is 392 g/mol. The van der Waals surface area contributed by atoms with Crippen LogP contribution < -0.4 is 10.1 Å². The highest BCUT2D eigenvalue weighted by Crippen LogP contribution is 2.27. The van der Waals surface area contributed by atoms with E-state index in [1.54, 1.807) is 38.1 Å². The number of nitrogens with one attached hydrogen (secondary N) is 1. The van der Waals surface area contributed by atoms with E-state index < -0.39 is 5.60 Å². The largest absolute Gasteiger partial charge is 0.478 e. The van der Waals surface area contributed by atoms with Crippen molar-refractivity contribution >= 4 is 28.8 Å². The molecule has 0 aliphatic heterocycles. The summed E-state index contributed by atoms with van der Waals surface area (Å²) in [7, 11) is 0. The van der Waals surface area contributed by atoms with Crippen molar-refractivity contribution in [3.05, 3.63) is 44.9 Å². The van der Waals surface area contributed by atoms with Gasteiger partial charge in [0, 0.05) is 22.9 Å². The molecule has 2 aromatic rings. The smallest absolute Gasteiger partial charge is 0.263 e.